The van der Waals surface area contributed by atoms with Gasteiger partial charge in [-0.2, -0.15) is 0 Å². The predicted octanol–water partition coefficient (Wildman–Crippen LogP) is 2.20. The van der Waals surface area contributed by atoms with Gasteiger partial charge in [-0.1, -0.05) is 25.7 Å². The van der Waals surface area contributed by atoms with Gasteiger partial charge in [0.15, 0.2) is 0 Å². The molecule has 21 heavy (non-hydrogen) atoms. The molecule has 1 rings (SSSR count). The summed E-state index contributed by atoms with van der Waals surface area (Å²) in [6, 6.07) is 4.82. The lowest BCUT2D eigenvalue weighted by atomic mass is 9.98. The Bertz CT molecular complexity index is 650. The lowest BCUT2D eigenvalue weighted by Crippen LogP contribution is -2.44. The van der Waals surface area contributed by atoms with Gasteiger partial charge < -0.3 is 5.11 Å². The standard InChI is InChI=1S/C16H23NO3S/c1-5-16(4,6-2)17-21(19,20)15-10-9-14(8-7-11-18)13(3)12-15/h9-10,12,17-18H,5-6,11H2,1-4H3. The van der Waals surface area contributed by atoms with Crippen LogP contribution in [-0.2, 0) is 10.0 Å². The summed E-state index contributed by atoms with van der Waals surface area (Å²) >= 11 is 0. The maximum absolute atomic E-state index is 12.5. The highest BCUT2D eigenvalue weighted by molar-refractivity contribution is 7.89. The van der Waals surface area contributed by atoms with Gasteiger partial charge in [-0.15, -0.1) is 0 Å². The van der Waals surface area contributed by atoms with Crippen LogP contribution in [0.5, 0.6) is 0 Å². The molecule has 0 aromatic heterocycles. The number of sulfonamides is 1. The van der Waals surface area contributed by atoms with Gasteiger partial charge in [-0.25, -0.2) is 13.1 Å². The van der Waals surface area contributed by atoms with E-state index in [1.807, 2.05) is 20.8 Å². The van der Waals surface area contributed by atoms with Gasteiger partial charge in [0.1, 0.15) is 6.61 Å². The van der Waals surface area contributed by atoms with Crippen LogP contribution in [0.2, 0.25) is 0 Å². The van der Waals surface area contributed by atoms with Crippen molar-refractivity contribution in [3.8, 4) is 11.8 Å². The second-order valence-electron chi connectivity index (χ2n) is 5.31. The second-order valence-corrected chi connectivity index (χ2v) is 6.99. The fraction of sp³-hybridized carbons (Fsp3) is 0.500. The molecule has 0 aliphatic carbocycles. The molecule has 0 aliphatic rings. The third-order valence-electron chi connectivity index (χ3n) is 3.75. The highest BCUT2D eigenvalue weighted by Gasteiger charge is 2.27. The molecule has 1 aromatic rings. The van der Waals surface area contributed by atoms with Gasteiger partial charge >= 0.3 is 0 Å². The van der Waals surface area contributed by atoms with Crippen LogP contribution in [0.15, 0.2) is 23.1 Å². The number of hydrogen-bond acceptors (Lipinski definition) is 3. The molecule has 0 radical (unpaired) electrons. The van der Waals surface area contributed by atoms with E-state index in [2.05, 4.69) is 16.6 Å². The van der Waals surface area contributed by atoms with Crippen molar-refractivity contribution < 1.29 is 13.5 Å². The van der Waals surface area contributed by atoms with Crippen LogP contribution in [0.3, 0.4) is 0 Å². The molecule has 5 heteroatoms. The first-order valence-corrected chi connectivity index (χ1v) is 8.50. The Morgan fingerprint density at radius 1 is 1.29 bits per heavy atom. The third-order valence-corrected chi connectivity index (χ3v) is 5.39. The molecular formula is C16H23NO3S. The number of aliphatic hydroxyl groups is 1. The van der Waals surface area contributed by atoms with E-state index in [4.69, 9.17) is 5.11 Å². The summed E-state index contributed by atoms with van der Waals surface area (Å²) in [7, 11) is -3.55. The van der Waals surface area contributed by atoms with Gasteiger partial charge in [0.2, 0.25) is 10.0 Å². The fourth-order valence-electron chi connectivity index (χ4n) is 1.86. The Morgan fingerprint density at radius 3 is 2.38 bits per heavy atom. The van der Waals surface area contributed by atoms with Crippen LogP contribution in [0, 0.1) is 18.8 Å². The topological polar surface area (TPSA) is 66.4 Å². The van der Waals surface area contributed by atoms with Crippen molar-refractivity contribution in [1.29, 1.82) is 0 Å². The van der Waals surface area contributed by atoms with Gasteiger partial charge in [-0.05, 0) is 50.5 Å². The molecule has 0 unspecified atom stereocenters. The lowest BCUT2D eigenvalue weighted by molar-refractivity contribution is 0.350. The molecule has 0 bridgehead atoms. The van der Waals surface area contributed by atoms with Crippen LogP contribution < -0.4 is 4.72 Å². The van der Waals surface area contributed by atoms with Crippen molar-refractivity contribution in [2.75, 3.05) is 6.61 Å². The number of benzene rings is 1. The summed E-state index contributed by atoms with van der Waals surface area (Å²) in [6.07, 6.45) is 1.45. The van der Waals surface area contributed by atoms with Crippen LogP contribution >= 0.6 is 0 Å². The number of rotatable bonds is 5. The summed E-state index contributed by atoms with van der Waals surface area (Å²) in [4.78, 5) is 0.239. The van der Waals surface area contributed by atoms with Gasteiger partial charge in [0.05, 0.1) is 4.90 Å². The Hall–Kier alpha value is -1.35. The van der Waals surface area contributed by atoms with Crippen LogP contribution in [0.1, 0.15) is 44.7 Å². The van der Waals surface area contributed by atoms with Crippen LogP contribution in [0.4, 0.5) is 0 Å². The normalized spacial score (nSPS) is 11.9. The zero-order valence-corrected chi connectivity index (χ0v) is 13.8. The molecule has 4 nitrogen and oxygen atoms in total. The minimum atomic E-state index is -3.55. The smallest absolute Gasteiger partial charge is 0.241 e. The Kier molecular flexibility index (Phi) is 5.97. The quantitative estimate of drug-likeness (QED) is 0.819. The van der Waals surface area contributed by atoms with Gasteiger partial charge in [0, 0.05) is 11.1 Å². The third kappa shape index (κ3) is 4.57. The van der Waals surface area contributed by atoms with E-state index in [0.717, 1.165) is 24.0 Å². The number of aliphatic hydroxyl groups excluding tert-OH is 1. The zero-order valence-electron chi connectivity index (χ0n) is 13.0. The molecule has 0 heterocycles. The molecule has 1 aromatic carbocycles. The van der Waals surface area contributed by atoms with Crippen LogP contribution in [-0.4, -0.2) is 25.7 Å². The average molecular weight is 309 g/mol. The van der Waals surface area contributed by atoms with Crippen molar-refractivity contribution in [3.63, 3.8) is 0 Å². The zero-order chi connectivity index (χ0) is 16.1. The van der Waals surface area contributed by atoms with E-state index in [9.17, 15) is 8.42 Å². The Balaban J connectivity index is 3.13. The molecule has 0 amide bonds. The highest BCUT2D eigenvalue weighted by Crippen LogP contribution is 2.20. The van der Waals surface area contributed by atoms with Crippen molar-refractivity contribution in [2.45, 2.75) is 51.0 Å². The molecule has 0 aliphatic heterocycles. The SMILES string of the molecule is CCC(C)(CC)NS(=O)(=O)c1ccc(C#CCO)c(C)c1. The fourth-order valence-corrected chi connectivity index (χ4v) is 3.49. The largest absolute Gasteiger partial charge is 0.384 e. The van der Waals surface area contributed by atoms with Gasteiger partial charge in [0.25, 0.3) is 0 Å². The monoisotopic (exact) mass is 309 g/mol. The average Bonchev–Trinajstić information content (AvgIpc) is 2.45. The molecule has 0 saturated carbocycles. The van der Waals surface area contributed by atoms with Crippen LogP contribution in [0.25, 0.3) is 0 Å². The second kappa shape index (κ2) is 7.08. The molecule has 116 valence electrons. The molecule has 0 fully saturated rings. The summed E-state index contributed by atoms with van der Waals surface area (Å²) < 4.78 is 27.7. The van der Waals surface area contributed by atoms with Crippen molar-refractivity contribution in [3.05, 3.63) is 29.3 Å². The van der Waals surface area contributed by atoms with E-state index in [0.29, 0.717) is 0 Å². The summed E-state index contributed by atoms with van der Waals surface area (Å²) in [6.45, 7) is 7.42. The first-order valence-electron chi connectivity index (χ1n) is 7.02. The van der Waals surface area contributed by atoms with E-state index < -0.39 is 15.6 Å². The van der Waals surface area contributed by atoms with E-state index in [-0.39, 0.29) is 11.5 Å². The molecular weight excluding hydrogens is 286 g/mol. The first kappa shape index (κ1) is 17.7. The minimum Gasteiger partial charge on any atom is -0.384 e. The Labute approximate surface area is 127 Å². The first-order chi connectivity index (χ1) is 9.78. The number of hydrogen-bond donors (Lipinski definition) is 2. The molecule has 0 saturated heterocycles. The van der Waals surface area contributed by atoms with Crippen molar-refractivity contribution in [1.82, 2.24) is 4.72 Å². The van der Waals surface area contributed by atoms with Crippen molar-refractivity contribution in [2.24, 2.45) is 0 Å². The summed E-state index contributed by atoms with van der Waals surface area (Å²) in [5, 5.41) is 8.70. The highest BCUT2D eigenvalue weighted by atomic mass is 32.2. The Morgan fingerprint density at radius 2 is 1.90 bits per heavy atom. The minimum absolute atomic E-state index is 0.216. The summed E-state index contributed by atoms with van der Waals surface area (Å²) in [5.74, 6) is 5.36. The molecule has 0 atom stereocenters. The maximum atomic E-state index is 12.5. The van der Waals surface area contributed by atoms with Crippen molar-refractivity contribution >= 4 is 10.0 Å². The number of nitrogens with one attached hydrogen (secondary N) is 1. The van der Waals surface area contributed by atoms with E-state index in [1.54, 1.807) is 25.1 Å². The predicted molar refractivity (Wildman–Crippen MR) is 84.5 cm³/mol. The molecule has 0 spiro atoms. The number of aryl methyl sites for hydroxylation is 1. The lowest BCUT2D eigenvalue weighted by Gasteiger charge is -2.27. The van der Waals surface area contributed by atoms with E-state index >= 15 is 0 Å². The molecule has 2 N–H and O–H groups in total. The summed E-state index contributed by atoms with van der Waals surface area (Å²) in [5.41, 5.74) is 1.05. The van der Waals surface area contributed by atoms with Gasteiger partial charge in [-0.3, -0.25) is 0 Å². The van der Waals surface area contributed by atoms with E-state index in [1.165, 1.54) is 0 Å². The maximum Gasteiger partial charge on any atom is 0.241 e.